The zero-order valence-electron chi connectivity index (χ0n) is 12.4. The smallest absolute Gasteiger partial charge is 0.130 e. The second-order valence-corrected chi connectivity index (χ2v) is 5.37. The second kappa shape index (κ2) is 5.33. The van der Waals surface area contributed by atoms with Gasteiger partial charge >= 0.3 is 0 Å². The number of fused-ring (bicyclic) bond motifs is 2. The Morgan fingerprint density at radius 3 is 1.70 bits per heavy atom. The van der Waals surface area contributed by atoms with E-state index < -0.39 is 0 Å². The average molecular weight is 271 g/mol. The van der Waals surface area contributed by atoms with E-state index in [1.54, 1.807) is 14.2 Å². The minimum atomic E-state index is 1.01. The van der Waals surface area contributed by atoms with Crippen LogP contribution in [0.1, 0.15) is 11.1 Å². The van der Waals surface area contributed by atoms with Crippen molar-refractivity contribution in [3.05, 3.63) is 35.4 Å². The fourth-order valence-electron chi connectivity index (χ4n) is 3.19. The van der Waals surface area contributed by atoms with E-state index in [0.29, 0.717) is 0 Å². The maximum Gasteiger partial charge on any atom is 0.130 e. The molecule has 3 nitrogen and oxygen atoms in total. The molecule has 20 heavy (non-hydrogen) atoms. The van der Waals surface area contributed by atoms with Gasteiger partial charge in [-0.05, 0) is 19.9 Å². The molecule has 0 saturated heterocycles. The van der Waals surface area contributed by atoms with Crippen molar-refractivity contribution in [2.45, 2.75) is 12.8 Å². The van der Waals surface area contributed by atoms with Gasteiger partial charge in [0.2, 0.25) is 0 Å². The predicted molar refractivity (Wildman–Crippen MR) is 82.0 cm³/mol. The number of methoxy groups -OCH3 is 2. The Labute approximate surface area is 120 Å². The number of hydrogen-bond acceptors (Lipinski definition) is 3. The highest BCUT2D eigenvalue weighted by atomic mass is 16.5. The van der Waals surface area contributed by atoms with Gasteiger partial charge in [0, 0.05) is 35.0 Å². The molecule has 106 valence electrons. The van der Waals surface area contributed by atoms with E-state index in [0.717, 1.165) is 48.2 Å². The number of likely N-dealkylation sites (N-methyl/N-ethyl adjacent to an activating group) is 1. The summed E-state index contributed by atoms with van der Waals surface area (Å²) in [7, 11) is 5.71. The maximum atomic E-state index is 5.74. The van der Waals surface area contributed by atoms with Gasteiger partial charge in [-0.2, -0.15) is 0 Å². The highest BCUT2D eigenvalue weighted by molar-refractivity contribution is 5.96. The van der Waals surface area contributed by atoms with Gasteiger partial charge in [-0.25, -0.2) is 0 Å². The third-order valence-electron chi connectivity index (χ3n) is 4.22. The third-order valence-corrected chi connectivity index (χ3v) is 4.22. The molecular weight excluding hydrogens is 250 g/mol. The monoisotopic (exact) mass is 271 g/mol. The Balaban J connectivity index is 2.34. The van der Waals surface area contributed by atoms with E-state index in [1.165, 1.54) is 11.1 Å². The molecule has 3 heteroatoms. The summed E-state index contributed by atoms with van der Waals surface area (Å²) < 4.78 is 11.5. The highest BCUT2D eigenvalue weighted by Gasteiger charge is 2.22. The Morgan fingerprint density at radius 2 is 1.30 bits per heavy atom. The summed E-state index contributed by atoms with van der Waals surface area (Å²) in [6, 6.07) is 8.34. The van der Waals surface area contributed by atoms with Crippen LogP contribution in [0.4, 0.5) is 0 Å². The largest absolute Gasteiger partial charge is 0.496 e. The van der Waals surface area contributed by atoms with Crippen LogP contribution in [0.5, 0.6) is 11.5 Å². The Hall–Kier alpha value is -1.74. The van der Waals surface area contributed by atoms with Gasteiger partial charge in [0.25, 0.3) is 0 Å². The first-order chi connectivity index (χ1) is 9.76. The van der Waals surface area contributed by atoms with Crippen LogP contribution in [-0.2, 0) is 12.8 Å². The average Bonchev–Trinajstić information content (AvgIpc) is 2.67. The van der Waals surface area contributed by atoms with E-state index in [1.807, 2.05) is 0 Å². The minimum Gasteiger partial charge on any atom is -0.496 e. The Bertz CT molecular complexity index is 582. The Kier molecular flexibility index (Phi) is 3.53. The molecule has 0 aromatic heterocycles. The first-order valence-electron chi connectivity index (χ1n) is 7.09. The molecule has 0 amide bonds. The quantitative estimate of drug-likeness (QED) is 0.838. The lowest BCUT2D eigenvalue weighted by atomic mass is 9.94. The van der Waals surface area contributed by atoms with E-state index in [2.05, 4.69) is 36.2 Å². The molecule has 0 radical (unpaired) electrons. The zero-order chi connectivity index (χ0) is 14.1. The summed E-state index contributed by atoms with van der Waals surface area (Å²) in [5.41, 5.74) is 2.62. The molecule has 0 saturated carbocycles. The Morgan fingerprint density at radius 1 is 0.850 bits per heavy atom. The molecule has 0 bridgehead atoms. The lowest BCUT2D eigenvalue weighted by Crippen LogP contribution is -2.20. The molecule has 0 unspecified atom stereocenters. The molecular formula is C17H21NO2. The van der Waals surface area contributed by atoms with Gasteiger partial charge in [-0.3, -0.25) is 0 Å². The fraction of sp³-hybridized carbons (Fsp3) is 0.412. The number of hydrogen-bond donors (Lipinski definition) is 0. The number of rotatable bonds is 2. The van der Waals surface area contributed by atoms with Crippen molar-refractivity contribution in [2.24, 2.45) is 0 Å². The molecule has 0 N–H and O–H groups in total. The van der Waals surface area contributed by atoms with Crippen LogP contribution in [0.2, 0.25) is 0 Å². The zero-order valence-corrected chi connectivity index (χ0v) is 12.4. The van der Waals surface area contributed by atoms with Crippen molar-refractivity contribution in [3.8, 4) is 11.5 Å². The van der Waals surface area contributed by atoms with Crippen LogP contribution in [0.15, 0.2) is 24.3 Å². The van der Waals surface area contributed by atoms with Gasteiger partial charge in [0.05, 0.1) is 14.2 Å². The van der Waals surface area contributed by atoms with Crippen LogP contribution in [0.25, 0.3) is 10.8 Å². The SMILES string of the molecule is COc1c2c(c(OC)c3ccccc13)CCN(C)CC2. The number of benzene rings is 2. The first-order valence-corrected chi connectivity index (χ1v) is 7.09. The molecule has 1 heterocycles. The van der Waals surface area contributed by atoms with Gasteiger partial charge in [-0.15, -0.1) is 0 Å². The van der Waals surface area contributed by atoms with Gasteiger partial charge in [0.1, 0.15) is 11.5 Å². The van der Waals surface area contributed by atoms with Gasteiger partial charge in [0.15, 0.2) is 0 Å². The van der Waals surface area contributed by atoms with Gasteiger partial charge in [-0.1, -0.05) is 24.3 Å². The topological polar surface area (TPSA) is 21.7 Å². The molecule has 2 aromatic rings. The summed E-state index contributed by atoms with van der Waals surface area (Å²) in [4.78, 5) is 2.36. The first kappa shape index (κ1) is 13.3. The van der Waals surface area contributed by atoms with Crippen molar-refractivity contribution in [1.82, 2.24) is 4.90 Å². The highest BCUT2D eigenvalue weighted by Crippen LogP contribution is 2.41. The van der Waals surface area contributed by atoms with Crippen molar-refractivity contribution < 1.29 is 9.47 Å². The standard InChI is InChI=1S/C17H21NO2/c1-18-10-8-14-15(9-11-18)17(20-3)13-7-5-4-6-12(13)16(14)19-2/h4-7H,8-11H2,1-3H3. The third kappa shape index (κ3) is 2.02. The molecule has 0 atom stereocenters. The molecule has 1 aliphatic heterocycles. The van der Waals surface area contributed by atoms with Crippen LogP contribution in [0.3, 0.4) is 0 Å². The second-order valence-electron chi connectivity index (χ2n) is 5.37. The minimum absolute atomic E-state index is 1.01. The van der Waals surface area contributed by atoms with Crippen LogP contribution < -0.4 is 9.47 Å². The lowest BCUT2D eigenvalue weighted by molar-refractivity contribution is 0.349. The summed E-state index contributed by atoms with van der Waals surface area (Å²) in [5, 5.41) is 2.30. The van der Waals surface area contributed by atoms with Crippen molar-refractivity contribution >= 4 is 10.8 Å². The molecule has 0 spiro atoms. The fourth-order valence-corrected chi connectivity index (χ4v) is 3.19. The van der Waals surface area contributed by atoms with E-state index >= 15 is 0 Å². The van der Waals surface area contributed by atoms with Gasteiger partial charge < -0.3 is 14.4 Å². The summed E-state index contributed by atoms with van der Waals surface area (Å²) in [6.07, 6.45) is 2.02. The van der Waals surface area contributed by atoms with Crippen LogP contribution in [-0.4, -0.2) is 39.3 Å². The van der Waals surface area contributed by atoms with E-state index in [-0.39, 0.29) is 0 Å². The van der Waals surface area contributed by atoms with Crippen LogP contribution >= 0.6 is 0 Å². The summed E-state index contributed by atoms with van der Waals surface area (Å²) >= 11 is 0. The number of ether oxygens (including phenoxy) is 2. The molecule has 1 aliphatic rings. The van der Waals surface area contributed by atoms with E-state index in [4.69, 9.17) is 9.47 Å². The normalized spacial score (nSPS) is 15.8. The molecule has 3 rings (SSSR count). The van der Waals surface area contributed by atoms with Crippen molar-refractivity contribution in [3.63, 3.8) is 0 Å². The van der Waals surface area contributed by atoms with Crippen molar-refractivity contribution in [1.29, 1.82) is 0 Å². The summed E-state index contributed by atoms with van der Waals surface area (Å²) in [5.74, 6) is 2.04. The molecule has 0 fully saturated rings. The lowest BCUT2D eigenvalue weighted by Gasteiger charge is -2.19. The number of nitrogens with zero attached hydrogens (tertiary/aromatic N) is 1. The molecule has 0 aliphatic carbocycles. The molecule has 2 aromatic carbocycles. The summed E-state index contributed by atoms with van der Waals surface area (Å²) in [6.45, 7) is 2.12. The van der Waals surface area contributed by atoms with Crippen molar-refractivity contribution in [2.75, 3.05) is 34.4 Å². The maximum absolute atomic E-state index is 5.74. The van der Waals surface area contributed by atoms with E-state index in [9.17, 15) is 0 Å². The predicted octanol–water partition coefficient (Wildman–Crippen LogP) is 2.89. The van der Waals surface area contributed by atoms with Crippen LogP contribution in [0, 0.1) is 0 Å².